The van der Waals surface area contributed by atoms with Crippen molar-refractivity contribution >= 4 is 11.6 Å². The third-order valence-electron chi connectivity index (χ3n) is 2.77. The molecule has 0 spiro atoms. The molecule has 1 fully saturated rings. The number of terminal acetylenes is 1. The molecule has 0 radical (unpaired) electrons. The second-order valence-electron chi connectivity index (χ2n) is 4.19. The molecule has 94 valence electrons. The maximum Gasteiger partial charge on any atom is 0.287 e. The van der Waals surface area contributed by atoms with Crippen LogP contribution in [0.15, 0.2) is 12.3 Å². The van der Waals surface area contributed by atoms with Crippen molar-refractivity contribution in [2.45, 2.75) is 25.3 Å². The molecule has 0 bridgehead atoms. The summed E-state index contributed by atoms with van der Waals surface area (Å²) in [7, 11) is 0. The van der Waals surface area contributed by atoms with E-state index in [2.05, 4.69) is 11.2 Å². The molecule has 1 aliphatic carbocycles. The van der Waals surface area contributed by atoms with Crippen LogP contribution in [-0.4, -0.2) is 21.9 Å². The number of hydrogen-bond donors (Lipinski definition) is 1. The van der Waals surface area contributed by atoms with E-state index in [4.69, 9.17) is 6.42 Å². The molecule has 0 aromatic carbocycles. The molecule has 1 amide bonds. The quantitative estimate of drug-likeness (QED) is 0.370. The fourth-order valence-electron chi connectivity index (χ4n) is 1.74. The smallest absolute Gasteiger partial charge is 0.287 e. The van der Waals surface area contributed by atoms with Crippen LogP contribution < -0.4 is 5.32 Å². The number of rotatable bonds is 5. The maximum atomic E-state index is 11.9. The van der Waals surface area contributed by atoms with Gasteiger partial charge in [-0.15, -0.1) is 12.3 Å². The Morgan fingerprint density at radius 2 is 2.39 bits per heavy atom. The lowest BCUT2D eigenvalue weighted by Gasteiger charge is -2.06. The molecule has 0 unspecified atom stereocenters. The van der Waals surface area contributed by atoms with Crippen LogP contribution in [0.3, 0.4) is 0 Å². The minimum absolute atomic E-state index is 0.0519. The highest BCUT2D eigenvalue weighted by Gasteiger charge is 2.30. The van der Waals surface area contributed by atoms with Gasteiger partial charge in [0, 0.05) is 25.1 Å². The van der Waals surface area contributed by atoms with Gasteiger partial charge in [-0.1, -0.05) is 0 Å². The average Bonchev–Trinajstić information content (AvgIpc) is 3.07. The van der Waals surface area contributed by atoms with Gasteiger partial charge in [0.15, 0.2) is 0 Å². The molecule has 1 aliphatic rings. The van der Waals surface area contributed by atoms with Gasteiger partial charge in [0.25, 0.3) is 11.6 Å². The van der Waals surface area contributed by atoms with Gasteiger partial charge in [-0.25, -0.2) is 0 Å². The van der Waals surface area contributed by atoms with E-state index >= 15 is 0 Å². The summed E-state index contributed by atoms with van der Waals surface area (Å²) in [6.07, 6.45) is 8.87. The van der Waals surface area contributed by atoms with Gasteiger partial charge >= 0.3 is 0 Å². The van der Waals surface area contributed by atoms with Crippen LogP contribution in [0, 0.1) is 22.5 Å². The first kappa shape index (κ1) is 12.2. The summed E-state index contributed by atoms with van der Waals surface area (Å²) in [5, 5.41) is 13.4. The summed E-state index contributed by atoms with van der Waals surface area (Å²) >= 11 is 0. The van der Waals surface area contributed by atoms with Gasteiger partial charge < -0.3 is 9.88 Å². The van der Waals surface area contributed by atoms with Gasteiger partial charge in [0.1, 0.15) is 5.69 Å². The number of carbonyl (C=O) groups excluding carboxylic acids is 1. The van der Waals surface area contributed by atoms with Crippen molar-refractivity contribution in [1.82, 2.24) is 9.88 Å². The number of amides is 1. The highest BCUT2D eigenvalue weighted by molar-refractivity contribution is 5.93. The van der Waals surface area contributed by atoms with E-state index < -0.39 is 4.92 Å². The first-order chi connectivity index (χ1) is 8.63. The molecule has 18 heavy (non-hydrogen) atoms. The summed E-state index contributed by atoms with van der Waals surface area (Å²) < 4.78 is 1.68. The second-order valence-corrected chi connectivity index (χ2v) is 4.19. The molecule has 6 heteroatoms. The fraction of sp³-hybridized carbons (Fsp3) is 0.417. The minimum Gasteiger partial charge on any atom is -0.350 e. The summed E-state index contributed by atoms with van der Waals surface area (Å²) in [6.45, 7) is 0.374. The van der Waals surface area contributed by atoms with Crippen LogP contribution in [-0.2, 0) is 0 Å². The van der Waals surface area contributed by atoms with E-state index in [-0.39, 0.29) is 17.6 Å². The van der Waals surface area contributed by atoms with Crippen LogP contribution in [0.25, 0.3) is 0 Å². The summed E-state index contributed by atoms with van der Waals surface area (Å²) in [6, 6.07) is 1.52. The molecular weight excluding hydrogens is 234 g/mol. The molecule has 2 rings (SSSR count). The van der Waals surface area contributed by atoms with E-state index in [1.165, 1.54) is 12.3 Å². The van der Waals surface area contributed by atoms with Gasteiger partial charge in [-0.2, -0.15) is 0 Å². The largest absolute Gasteiger partial charge is 0.350 e. The molecule has 1 aromatic heterocycles. The van der Waals surface area contributed by atoms with Crippen LogP contribution >= 0.6 is 0 Å². The molecule has 1 saturated carbocycles. The van der Waals surface area contributed by atoms with Crippen molar-refractivity contribution in [1.29, 1.82) is 0 Å². The van der Waals surface area contributed by atoms with Gasteiger partial charge in [-0.3, -0.25) is 14.9 Å². The molecule has 1 N–H and O–H groups in total. The monoisotopic (exact) mass is 247 g/mol. The zero-order chi connectivity index (χ0) is 13.1. The Morgan fingerprint density at radius 1 is 1.67 bits per heavy atom. The van der Waals surface area contributed by atoms with Crippen LogP contribution in [0.4, 0.5) is 5.69 Å². The molecule has 1 aromatic rings. The van der Waals surface area contributed by atoms with Crippen LogP contribution in [0.5, 0.6) is 0 Å². The molecule has 0 aliphatic heterocycles. The van der Waals surface area contributed by atoms with Crippen molar-refractivity contribution in [3.8, 4) is 12.3 Å². The van der Waals surface area contributed by atoms with Crippen molar-refractivity contribution in [3.05, 3.63) is 28.1 Å². The lowest BCUT2D eigenvalue weighted by atomic mass is 10.3. The zero-order valence-corrected chi connectivity index (χ0v) is 9.76. The predicted octanol–water partition coefficient (Wildman–Crippen LogP) is 1.48. The number of hydrogen-bond acceptors (Lipinski definition) is 3. The van der Waals surface area contributed by atoms with Crippen molar-refractivity contribution in [2.24, 2.45) is 0 Å². The fourth-order valence-corrected chi connectivity index (χ4v) is 1.74. The topological polar surface area (TPSA) is 77.2 Å². The summed E-state index contributed by atoms with van der Waals surface area (Å²) in [4.78, 5) is 22.1. The highest BCUT2D eigenvalue weighted by atomic mass is 16.6. The first-order valence-corrected chi connectivity index (χ1v) is 5.71. The molecule has 0 saturated heterocycles. The number of nitro groups is 1. The van der Waals surface area contributed by atoms with E-state index in [0.717, 1.165) is 12.8 Å². The van der Waals surface area contributed by atoms with E-state index in [1.807, 2.05) is 0 Å². The third kappa shape index (κ3) is 2.51. The normalized spacial score (nSPS) is 13.9. The van der Waals surface area contributed by atoms with Crippen molar-refractivity contribution in [2.75, 3.05) is 6.54 Å². The molecule has 0 atom stereocenters. The lowest BCUT2D eigenvalue weighted by Crippen LogP contribution is -2.26. The van der Waals surface area contributed by atoms with Gasteiger partial charge in [0.05, 0.1) is 11.1 Å². The Hall–Kier alpha value is -2.29. The SMILES string of the molecule is C#CCCNC(=O)c1cc([N+](=O)[O-])cn1C1CC1. The van der Waals surface area contributed by atoms with Crippen LogP contribution in [0.1, 0.15) is 35.8 Å². The van der Waals surface area contributed by atoms with E-state index in [1.54, 1.807) is 4.57 Å². The lowest BCUT2D eigenvalue weighted by molar-refractivity contribution is -0.384. The Bertz CT molecular complexity index is 523. The Balaban J connectivity index is 2.17. The van der Waals surface area contributed by atoms with E-state index in [9.17, 15) is 14.9 Å². The number of aromatic nitrogens is 1. The number of nitrogens with one attached hydrogen (secondary N) is 1. The first-order valence-electron chi connectivity index (χ1n) is 5.71. The maximum absolute atomic E-state index is 11.9. The zero-order valence-electron chi connectivity index (χ0n) is 9.76. The summed E-state index contributed by atoms with van der Waals surface area (Å²) in [5.41, 5.74) is 0.283. The predicted molar refractivity (Wildman–Crippen MR) is 65.1 cm³/mol. The summed E-state index contributed by atoms with van der Waals surface area (Å²) in [5.74, 6) is 2.10. The number of carbonyl (C=O) groups is 1. The highest BCUT2D eigenvalue weighted by Crippen LogP contribution is 2.37. The average molecular weight is 247 g/mol. The molecule has 1 heterocycles. The van der Waals surface area contributed by atoms with Crippen LogP contribution in [0.2, 0.25) is 0 Å². The second kappa shape index (κ2) is 4.92. The third-order valence-corrected chi connectivity index (χ3v) is 2.77. The standard InChI is InChI=1S/C12H13N3O3/c1-2-3-6-13-12(16)11-7-10(15(17)18)8-14(11)9-4-5-9/h1,7-9H,3-6H2,(H,13,16). The van der Waals surface area contributed by atoms with Gasteiger partial charge in [-0.05, 0) is 12.8 Å². The van der Waals surface area contributed by atoms with E-state index in [0.29, 0.717) is 18.7 Å². The van der Waals surface area contributed by atoms with Gasteiger partial charge in [0.2, 0.25) is 0 Å². The molecular formula is C12H13N3O3. The number of nitrogens with zero attached hydrogens (tertiary/aromatic N) is 2. The van der Waals surface area contributed by atoms with Crippen molar-refractivity contribution in [3.63, 3.8) is 0 Å². The molecule has 6 nitrogen and oxygen atoms in total. The Morgan fingerprint density at radius 3 is 2.94 bits per heavy atom. The Kier molecular flexibility index (Phi) is 3.33. The minimum atomic E-state index is -0.489. The van der Waals surface area contributed by atoms with Crippen molar-refractivity contribution < 1.29 is 9.72 Å². The Labute approximate surface area is 104 Å².